The van der Waals surface area contributed by atoms with E-state index in [4.69, 9.17) is 0 Å². The molecule has 0 N–H and O–H groups in total. The van der Waals surface area contributed by atoms with Crippen molar-refractivity contribution in [2.75, 3.05) is 42.5 Å². The first-order chi connectivity index (χ1) is 13.5. The predicted molar refractivity (Wildman–Crippen MR) is 102 cm³/mol. The van der Waals surface area contributed by atoms with Gasteiger partial charge in [0.15, 0.2) is 11.6 Å². The number of pyridine rings is 1. The van der Waals surface area contributed by atoms with E-state index >= 15 is 0 Å². The van der Waals surface area contributed by atoms with E-state index < -0.39 is 11.6 Å². The SMILES string of the molecule is CC(=O)N(CCC(=O)N1CCN(c2ccccn2)CC1)c1ccc(F)c(F)c1. The molecule has 0 spiro atoms. The van der Waals surface area contributed by atoms with Crippen molar-refractivity contribution in [2.45, 2.75) is 13.3 Å². The third-order valence-corrected chi connectivity index (χ3v) is 4.75. The maximum absolute atomic E-state index is 13.5. The van der Waals surface area contributed by atoms with Crippen molar-refractivity contribution >= 4 is 23.3 Å². The van der Waals surface area contributed by atoms with Gasteiger partial charge in [-0.3, -0.25) is 9.59 Å². The number of carbonyl (C=O) groups excluding carboxylic acids is 2. The molecule has 6 nitrogen and oxygen atoms in total. The lowest BCUT2D eigenvalue weighted by Gasteiger charge is -2.35. The first kappa shape index (κ1) is 19.7. The van der Waals surface area contributed by atoms with Gasteiger partial charge in [0.2, 0.25) is 11.8 Å². The van der Waals surface area contributed by atoms with Gasteiger partial charge in [0.05, 0.1) is 0 Å². The minimum atomic E-state index is -1.03. The first-order valence-electron chi connectivity index (χ1n) is 9.12. The van der Waals surface area contributed by atoms with E-state index in [0.29, 0.717) is 26.2 Å². The van der Waals surface area contributed by atoms with Crippen LogP contribution in [0.4, 0.5) is 20.3 Å². The molecule has 0 saturated carbocycles. The Morgan fingerprint density at radius 3 is 2.43 bits per heavy atom. The lowest BCUT2D eigenvalue weighted by Crippen LogP contribution is -2.49. The number of anilines is 2. The Labute approximate surface area is 162 Å². The van der Waals surface area contributed by atoms with Crippen molar-refractivity contribution in [2.24, 2.45) is 0 Å². The number of benzene rings is 1. The van der Waals surface area contributed by atoms with Crippen molar-refractivity contribution in [1.29, 1.82) is 0 Å². The molecule has 0 bridgehead atoms. The minimum Gasteiger partial charge on any atom is -0.353 e. The van der Waals surface area contributed by atoms with E-state index in [-0.39, 0.29) is 30.5 Å². The molecule has 0 radical (unpaired) electrons. The second-order valence-corrected chi connectivity index (χ2v) is 6.57. The molecule has 1 fully saturated rings. The molecule has 28 heavy (non-hydrogen) atoms. The van der Waals surface area contributed by atoms with E-state index in [9.17, 15) is 18.4 Å². The summed E-state index contributed by atoms with van der Waals surface area (Å²) >= 11 is 0. The number of hydrogen-bond donors (Lipinski definition) is 0. The Hall–Kier alpha value is -3.03. The number of piperazine rings is 1. The van der Waals surface area contributed by atoms with Gasteiger partial charge >= 0.3 is 0 Å². The van der Waals surface area contributed by atoms with Gasteiger partial charge in [-0.1, -0.05) is 6.07 Å². The van der Waals surface area contributed by atoms with Gasteiger partial charge in [0.1, 0.15) is 5.82 Å². The van der Waals surface area contributed by atoms with E-state index in [1.165, 1.54) is 17.9 Å². The maximum Gasteiger partial charge on any atom is 0.224 e. The van der Waals surface area contributed by atoms with E-state index in [1.807, 2.05) is 18.2 Å². The van der Waals surface area contributed by atoms with Gasteiger partial charge in [-0.05, 0) is 24.3 Å². The fourth-order valence-electron chi connectivity index (χ4n) is 3.21. The van der Waals surface area contributed by atoms with Crippen LogP contribution in [0.25, 0.3) is 0 Å². The monoisotopic (exact) mass is 388 g/mol. The molecule has 1 aliphatic heterocycles. The van der Waals surface area contributed by atoms with Crippen LogP contribution < -0.4 is 9.80 Å². The highest BCUT2D eigenvalue weighted by atomic mass is 19.2. The molecule has 2 heterocycles. The minimum absolute atomic E-state index is 0.0745. The van der Waals surface area contributed by atoms with Crippen LogP contribution in [-0.2, 0) is 9.59 Å². The molecular formula is C20H22F2N4O2. The van der Waals surface area contributed by atoms with Gasteiger partial charge in [-0.25, -0.2) is 13.8 Å². The van der Waals surface area contributed by atoms with Crippen LogP contribution in [0.1, 0.15) is 13.3 Å². The maximum atomic E-state index is 13.5. The van der Waals surface area contributed by atoms with Crippen LogP contribution in [0.3, 0.4) is 0 Å². The normalized spacial score (nSPS) is 14.1. The van der Waals surface area contributed by atoms with Gasteiger partial charge in [-0.15, -0.1) is 0 Å². The van der Waals surface area contributed by atoms with E-state index in [0.717, 1.165) is 18.0 Å². The zero-order valence-corrected chi connectivity index (χ0v) is 15.6. The number of carbonyl (C=O) groups is 2. The topological polar surface area (TPSA) is 56.8 Å². The summed E-state index contributed by atoms with van der Waals surface area (Å²) in [5, 5.41) is 0. The molecule has 1 aliphatic rings. The highest BCUT2D eigenvalue weighted by Gasteiger charge is 2.23. The molecule has 1 aromatic carbocycles. The van der Waals surface area contributed by atoms with Crippen LogP contribution in [0.2, 0.25) is 0 Å². The summed E-state index contributed by atoms with van der Waals surface area (Å²) in [7, 11) is 0. The number of nitrogens with zero attached hydrogens (tertiary/aromatic N) is 4. The van der Waals surface area contributed by atoms with Crippen LogP contribution in [0, 0.1) is 11.6 Å². The van der Waals surface area contributed by atoms with Crippen molar-refractivity contribution < 1.29 is 18.4 Å². The fourth-order valence-corrected chi connectivity index (χ4v) is 3.21. The number of halogens is 2. The van der Waals surface area contributed by atoms with Crippen LogP contribution in [0.5, 0.6) is 0 Å². The summed E-state index contributed by atoms with van der Waals surface area (Å²) in [4.78, 5) is 33.9. The second kappa shape index (κ2) is 8.77. The Bertz CT molecular complexity index is 839. The van der Waals surface area contributed by atoms with E-state index in [2.05, 4.69) is 9.88 Å². The molecule has 1 aromatic heterocycles. The average molecular weight is 388 g/mol. The zero-order valence-electron chi connectivity index (χ0n) is 15.6. The average Bonchev–Trinajstić information content (AvgIpc) is 2.71. The molecule has 2 aromatic rings. The number of rotatable bonds is 5. The predicted octanol–water partition coefficient (Wildman–Crippen LogP) is 2.45. The third-order valence-electron chi connectivity index (χ3n) is 4.75. The Morgan fingerprint density at radius 2 is 1.82 bits per heavy atom. The molecule has 148 valence electrons. The molecule has 0 aliphatic carbocycles. The van der Waals surface area contributed by atoms with Crippen molar-refractivity contribution in [3.63, 3.8) is 0 Å². The smallest absolute Gasteiger partial charge is 0.224 e. The second-order valence-electron chi connectivity index (χ2n) is 6.57. The summed E-state index contributed by atoms with van der Waals surface area (Å²) in [6.07, 6.45) is 1.85. The van der Waals surface area contributed by atoms with Gasteiger partial charge in [-0.2, -0.15) is 0 Å². The highest BCUT2D eigenvalue weighted by Crippen LogP contribution is 2.19. The summed E-state index contributed by atoms with van der Waals surface area (Å²) < 4.78 is 26.6. The van der Waals surface area contributed by atoms with Crippen molar-refractivity contribution in [3.05, 3.63) is 54.2 Å². The number of amides is 2. The van der Waals surface area contributed by atoms with Crippen LogP contribution in [-0.4, -0.2) is 54.4 Å². The zero-order chi connectivity index (χ0) is 20.1. The number of hydrogen-bond acceptors (Lipinski definition) is 4. The van der Waals surface area contributed by atoms with Crippen LogP contribution >= 0.6 is 0 Å². The van der Waals surface area contributed by atoms with Gasteiger partial charge < -0.3 is 14.7 Å². The van der Waals surface area contributed by atoms with Gasteiger partial charge in [0, 0.05) is 64.0 Å². The lowest BCUT2D eigenvalue weighted by molar-refractivity contribution is -0.131. The lowest BCUT2D eigenvalue weighted by atomic mass is 10.2. The highest BCUT2D eigenvalue weighted by molar-refractivity contribution is 5.92. The molecule has 1 saturated heterocycles. The molecule has 2 amide bonds. The molecule has 0 unspecified atom stereocenters. The summed E-state index contributed by atoms with van der Waals surface area (Å²) in [6.45, 7) is 3.95. The first-order valence-corrected chi connectivity index (χ1v) is 9.12. The fraction of sp³-hybridized carbons (Fsp3) is 0.350. The third kappa shape index (κ3) is 4.62. The van der Waals surface area contributed by atoms with Crippen LogP contribution in [0.15, 0.2) is 42.6 Å². The Balaban J connectivity index is 1.55. The molecular weight excluding hydrogens is 366 g/mol. The Morgan fingerprint density at radius 1 is 1.07 bits per heavy atom. The summed E-state index contributed by atoms with van der Waals surface area (Å²) in [5.41, 5.74) is 0.235. The largest absolute Gasteiger partial charge is 0.353 e. The summed E-state index contributed by atoms with van der Waals surface area (Å²) in [5.74, 6) is -1.53. The summed E-state index contributed by atoms with van der Waals surface area (Å²) in [6, 6.07) is 8.98. The Kier molecular flexibility index (Phi) is 6.18. The van der Waals surface area contributed by atoms with Gasteiger partial charge in [0.25, 0.3) is 0 Å². The standard InChI is InChI=1S/C20H22F2N4O2/c1-15(27)26(16-5-6-17(21)18(22)14-16)9-7-20(28)25-12-10-24(11-13-25)19-4-2-3-8-23-19/h2-6,8,14H,7,9-13H2,1H3. The number of aromatic nitrogens is 1. The molecule has 8 heteroatoms. The van der Waals surface area contributed by atoms with Crippen molar-refractivity contribution in [3.8, 4) is 0 Å². The quantitative estimate of drug-likeness (QED) is 0.790. The van der Waals surface area contributed by atoms with E-state index in [1.54, 1.807) is 11.1 Å². The van der Waals surface area contributed by atoms with Crippen molar-refractivity contribution in [1.82, 2.24) is 9.88 Å². The molecule has 3 rings (SSSR count). The molecule has 0 atom stereocenters.